The van der Waals surface area contributed by atoms with E-state index in [9.17, 15) is 4.39 Å². The fourth-order valence-electron chi connectivity index (χ4n) is 1.29. The molecule has 0 spiro atoms. The predicted molar refractivity (Wildman–Crippen MR) is 62.1 cm³/mol. The van der Waals surface area contributed by atoms with Crippen molar-refractivity contribution in [3.63, 3.8) is 0 Å². The monoisotopic (exact) mass is 282 g/mol. The first-order valence-electron chi connectivity index (χ1n) is 4.50. The van der Waals surface area contributed by atoms with Gasteiger partial charge in [0.15, 0.2) is 5.82 Å². The van der Waals surface area contributed by atoms with Crippen LogP contribution in [0.5, 0.6) is 0 Å². The molecule has 2 aromatic rings. The maximum Gasteiger partial charge on any atom is 0.223 e. The average Bonchev–Trinajstić information content (AvgIpc) is 2.15. The molecule has 0 aliphatic rings. The van der Waals surface area contributed by atoms with Crippen molar-refractivity contribution >= 4 is 21.9 Å². The highest BCUT2D eigenvalue weighted by Crippen LogP contribution is 2.26. The summed E-state index contributed by atoms with van der Waals surface area (Å²) < 4.78 is 13.5. The molecule has 0 unspecified atom stereocenters. The highest BCUT2D eigenvalue weighted by Gasteiger charge is 2.09. The van der Waals surface area contributed by atoms with Gasteiger partial charge in [0.1, 0.15) is 11.6 Å². The van der Waals surface area contributed by atoms with Crippen molar-refractivity contribution in [3.8, 4) is 11.4 Å². The Kier molecular flexibility index (Phi) is 2.82. The smallest absolute Gasteiger partial charge is 0.223 e. The summed E-state index contributed by atoms with van der Waals surface area (Å²) in [6, 6.07) is 4.29. The Morgan fingerprint density at radius 3 is 2.62 bits per heavy atom. The van der Waals surface area contributed by atoms with Crippen LogP contribution in [0.4, 0.5) is 10.3 Å². The van der Waals surface area contributed by atoms with Crippen molar-refractivity contribution in [2.45, 2.75) is 6.92 Å². The van der Waals surface area contributed by atoms with Crippen molar-refractivity contribution in [2.24, 2.45) is 0 Å². The van der Waals surface area contributed by atoms with E-state index in [1.807, 2.05) is 0 Å². The SMILES string of the molecule is Cc1nc(N)nc(-c2ccc(F)cc2Br)n1. The van der Waals surface area contributed by atoms with Gasteiger partial charge in [0.25, 0.3) is 0 Å². The Morgan fingerprint density at radius 2 is 2.00 bits per heavy atom. The summed E-state index contributed by atoms with van der Waals surface area (Å²) in [5.41, 5.74) is 6.20. The van der Waals surface area contributed by atoms with Crippen molar-refractivity contribution in [1.29, 1.82) is 0 Å². The van der Waals surface area contributed by atoms with Gasteiger partial charge in [-0.2, -0.15) is 9.97 Å². The molecule has 2 rings (SSSR count). The van der Waals surface area contributed by atoms with Crippen LogP contribution in [0.2, 0.25) is 0 Å². The Bertz CT molecular complexity index is 524. The first-order valence-corrected chi connectivity index (χ1v) is 5.29. The second-order valence-corrected chi connectivity index (χ2v) is 4.04. The number of hydrogen-bond acceptors (Lipinski definition) is 4. The Hall–Kier alpha value is -1.56. The Morgan fingerprint density at radius 1 is 1.25 bits per heavy atom. The molecule has 0 atom stereocenters. The standard InChI is InChI=1S/C10H8BrFN4/c1-5-14-9(16-10(13)15-5)7-3-2-6(12)4-8(7)11/h2-4H,1H3,(H2,13,14,15,16). The van der Waals surface area contributed by atoms with E-state index in [2.05, 4.69) is 30.9 Å². The van der Waals surface area contributed by atoms with Gasteiger partial charge in [0, 0.05) is 10.0 Å². The van der Waals surface area contributed by atoms with Crippen LogP contribution in [0, 0.1) is 12.7 Å². The van der Waals surface area contributed by atoms with Gasteiger partial charge in [-0.1, -0.05) is 0 Å². The lowest BCUT2D eigenvalue weighted by atomic mass is 10.2. The van der Waals surface area contributed by atoms with Crippen LogP contribution >= 0.6 is 15.9 Å². The van der Waals surface area contributed by atoms with Gasteiger partial charge in [-0.3, -0.25) is 0 Å². The summed E-state index contributed by atoms with van der Waals surface area (Å²) in [6.07, 6.45) is 0. The minimum atomic E-state index is -0.325. The zero-order valence-electron chi connectivity index (χ0n) is 8.41. The molecule has 16 heavy (non-hydrogen) atoms. The molecule has 0 bridgehead atoms. The molecule has 0 saturated heterocycles. The molecule has 1 heterocycles. The van der Waals surface area contributed by atoms with Crippen LogP contribution in [-0.2, 0) is 0 Å². The number of anilines is 1. The van der Waals surface area contributed by atoms with Gasteiger partial charge in [-0.15, -0.1) is 0 Å². The zero-order chi connectivity index (χ0) is 11.7. The lowest BCUT2D eigenvalue weighted by Gasteiger charge is -2.04. The Balaban J connectivity index is 2.58. The van der Waals surface area contributed by atoms with E-state index in [1.165, 1.54) is 12.1 Å². The summed E-state index contributed by atoms with van der Waals surface area (Å²) in [5, 5.41) is 0. The lowest BCUT2D eigenvalue weighted by molar-refractivity contribution is 0.627. The second-order valence-electron chi connectivity index (χ2n) is 3.19. The van der Waals surface area contributed by atoms with E-state index in [0.29, 0.717) is 21.7 Å². The van der Waals surface area contributed by atoms with Gasteiger partial charge in [0.05, 0.1) is 0 Å². The first-order chi connectivity index (χ1) is 7.56. The molecule has 4 nitrogen and oxygen atoms in total. The quantitative estimate of drug-likeness (QED) is 0.872. The number of rotatable bonds is 1. The van der Waals surface area contributed by atoms with Crippen LogP contribution in [0.15, 0.2) is 22.7 Å². The first kappa shape index (κ1) is 10.9. The van der Waals surface area contributed by atoms with E-state index < -0.39 is 0 Å². The van der Waals surface area contributed by atoms with Crippen LogP contribution in [0.3, 0.4) is 0 Å². The third kappa shape index (κ3) is 2.16. The molecule has 6 heteroatoms. The molecular weight excluding hydrogens is 275 g/mol. The summed E-state index contributed by atoms with van der Waals surface area (Å²) in [5.74, 6) is 0.781. The summed E-state index contributed by atoms with van der Waals surface area (Å²) in [7, 11) is 0. The third-order valence-electron chi connectivity index (χ3n) is 1.94. The molecule has 0 radical (unpaired) electrons. The van der Waals surface area contributed by atoms with Crippen molar-refractivity contribution < 1.29 is 4.39 Å². The van der Waals surface area contributed by atoms with Crippen LogP contribution < -0.4 is 5.73 Å². The minimum Gasteiger partial charge on any atom is -0.368 e. The van der Waals surface area contributed by atoms with Gasteiger partial charge in [-0.25, -0.2) is 9.37 Å². The van der Waals surface area contributed by atoms with Crippen LogP contribution in [0.1, 0.15) is 5.82 Å². The molecule has 0 fully saturated rings. The number of halogens is 2. The summed E-state index contributed by atoms with van der Waals surface area (Å²) in [6.45, 7) is 1.72. The molecule has 1 aromatic carbocycles. The fourth-order valence-corrected chi connectivity index (χ4v) is 1.82. The zero-order valence-corrected chi connectivity index (χ0v) is 9.99. The summed E-state index contributed by atoms with van der Waals surface area (Å²) >= 11 is 3.25. The highest BCUT2D eigenvalue weighted by molar-refractivity contribution is 9.10. The molecule has 82 valence electrons. The predicted octanol–water partition coefficient (Wildman–Crippen LogP) is 2.33. The topological polar surface area (TPSA) is 64.7 Å². The number of nitrogens with zero attached hydrogens (tertiary/aromatic N) is 3. The van der Waals surface area contributed by atoms with Crippen molar-refractivity contribution in [1.82, 2.24) is 15.0 Å². The average molecular weight is 283 g/mol. The number of benzene rings is 1. The van der Waals surface area contributed by atoms with Gasteiger partial charge < -0.3 is 5.73 Å². The normalized spacial score (nSPS) is 10.4. The number of nitrogen functional groups attached to an aromatic ring is 1. The lowest BCUT2D eigenvalue weighted by Crippen LogP contribution is -2.02. The van der Waals surface area contributed by atoms with Crippen LogP contribution in [0.25, 0.3) is 11.4 Å². The van der Waals surface area contributed by atoms with E-state index >= 15 is 0 Å². The maximum atomic E-state index is 12.9. The van der Waals surface area contributed by atoms with E-state index in [4.69, 9.17) is 5.73 Å². The minimum absolute atomic E-state index is 0.152. The number of aryl methyl sites for hydroxylation is 1. The van der Waals surface area contributed by atoms with E-state index in [0.717, 1.165) is 0 Å². The van der Waals surface area contributed by atoms with E-state index in [1.54, 1.807) is 13.0 Å². The molecule has 0 saturated carbocycles. The largest absolute Gasteiger partial charge is 0.368 e. The second kappa shape index (κ2) is 4.13. The highest BCUT2D eigenvalue weighted by atomic mass is 79.9. The molecule has 1 aromatic heterocycles. The molecule has 0 aliphatic carbocycles. The number of nitrogens with two attached hydrogens (primary N) is 1. The van der Waals surface area contributed by atoms with Crippen molar-refractivity contribution in [3.05, 3.63) is 34.3 Å². The van der Waals surface area contributed by atoms with Gasteiger partial charge in [0.2, 0.25) is 5.95 Å². The molecule has 0 amide bonds. The van der Waals surface area contributed by atoms with Gasteiger partial charge >= 0.3 is 0 Å². The molecule has 0 aliphatic heterocycles. The molecular formula is C10H8BrFN4. The van der Waals surface area contributed by atoms with E-state index in [-0.39, 0.29) is 11.8 Å². The molecule has 2 N–H and O–H groups in total. The number of aromatic nitrogens is 3. The third-order valence-corrected chi connectivity index (χ3v) is 2.59. The summed E-state index contributed by atoms with van der Waals surface area (Å²) in [4.78, 5) is 12.0. The van der Waals surface area contributed by atoms with Gasteiger partial charge in [-0.05, 0) is 41.1 Å². The Labute approximate surface area is 99.9 Å². The van der Waals surface area contributed by atoms with Crippen molar-refractivity contribution in [2.75, 3.05) is 5.73 Å². The fraction of sp³-hybridized carbons (Fsp3) is 0.100. The van der Waals surface area contributed by atoms with Crippen LogP contribution in [-0.4, -0.2) is 15.0 Å². The number of hydrogen-bond donors (Lipinski definition) is 1. The maximum absolute atomic E-state index is 12.9.